The fourth-order valence-electron chi connectivity index (χ4n) is 5.99. The number of primary amides is 1. The van der Waals surface area contributed by atoms with Gasteiger partial charge < -0.3 is 61.2 Å². The van der Waals surface area contributed by atoms with Crippen LogP contribution in [0.15, 0.2) is 25.2 Å². The summed E-state index contributed by atoms with van der Waals surface area (Å²) in [5.74, 6) is -5.21. The summed E-state index contributed by atoms with van der Waals surface area (Å²) in [5.41, 5.74) is 5.21. The molecular formula is C38H67N8O13P. The van der Waals surface area contributed by atoms with Crippen molar-refractivity contribution in [1.29, 1.82) is 0 Å². The van der Waals surface area contributed by atoms with Crippen LogP contribution < -0.4 is 27.0 Å². The molecule has 0 aromatic carbocycles. The summed E-state index contributed by atoms with van der Waals surface area (Å²) in [7, 11) is -5.12. The molecular weight excluding hydrogens is 807 g/mol. The van der Waals surface area contributed by atoms with Crippen molar-refractivity contribution in [3.05, 3.63) is 30.9 Å². The molecule has 1 aromatic heterocycles. The van der Waals surface area contributed by atoms with Gasteiger partial charge in [0, 0.05) is 38.0 Å². The van der Waals surface area contributed by atoms with E-state index in [4.69, 9.17) is 10.5 Å². The zero-order chi connectivity index (χ0) is 45.6. The molecule has 0 saturated heterocycles. The molecule has 0 aliphatic rings. The minimum Gasteiger partial charge on any atom is -0.396 e. The molecule has 60 heavy (non-hydrogen) atoms. The van der Waals surface area contributed by atoms with E-state index in [2.05, 4.69) is 37.4 Å². The van der Waals surface area contributed by atoms with Crippen LogP contribution in [0.3, 0.4) is 0 Å². The first-order valence-corrected chi connectivity index (χ1v) is 21.6. The quantitative estimate of drug-likeness (QED) is 0.0259. The van der Waals surface area contributed by atoms with Crippen LogP contribution in [-0.4, -0.2) is 139 Å². The molecule has 22 heteroatoms. The van der Waals surface area contributed by atoms with Crippen LogP contribution in [0, 0.1) is 5.92 Å². The SMILES string of the molecule is C=CCCCCn1cncc1C[C@H](NC(=O)C(CC(C)C)NC(=O)CN(CCC)C(=O)CCOC(C)(C)CCO)C(=O)NC(CO)C(=O)N[C@H](C(N)=O)C(C)OP(=O)(O)O. The number of imidazole rings is 1. The molecule has 0 saturated carbocycles. The summed E-state index contributed by atoms with van der Waals surface area (Å²) in [5, 5.41) is 29.2. The summed E-state index contributed by atoms with van der Waals surface area (Å²) < 4.78 is 23.4. The first-order chi connectivity index (χ1) is 28.1. The summed E-state index contributed by atoms with van der Waals surface area (Å²) in [6, 6.07) is -6.14. The number of aromatic nitrogens is 2. The number of nitrogens with one attached hydrogen (secondary N) is 4. The van der Waals surface area contributed by atoms with E-state index in [1.807, 2.05) is 20.8 Å². The van der Waals surface area contributed by atoms with Crippen molar-refractivity contribution in [2.75, 3.05) is 32.9 Å². The number of nitrogens with two attached hydrogens (primary N) is 1. The molecule has 0 aliphatic heterocycles. The van der Waals surface area contributed by atoms with Gasteiger partial charge in [0.15, 0.2) is 0 Å². The van der Waals surface area contributed by atoms with E-state index in [1.165, 1.54) is 11.1 Å². The van der Waals surface area contributed by atoms with E-state index in [0.717, 1.165) is 26.2 Å². The monoisotopic (exact) mass is 874 g/mol. The largest absolute Gasteiger partial charge is 0.469 e. The Hall–Kier alpha value is -4.24. The maximum Gasteiger partial charge on any atom is 0.469 e. The Balaban J connectivity index is 3.36. The van der Waals surface area contributed by atoms with Crippen molar-refractivity contribution in [3.8, 4) is 0 Å². The number of nitrogens with zero attached hydrogens (tertiary/aromatic N) is 3. The van der Waals surface area contributed by atoms with Gasteiger partial charge in [0.05, 0.1) is 44.2 Å². The molecule has 0 aliphatic carbocycles. The molecule has 0 spiro atoms. The summed E-state index contributed by atoms with van der Waals surface area (Å²) in [4.78, 5) is 104. The Labute approximate surface area is 351 Å². The molecule has 5 atom stereocenters. The summed E-state index contributed by atoms with van der Waals surface area (Å²) >= 11 is 0. The average molecular weight is 875 g/mol. The Morgan fingerprint density at radius 3 is 2.20 bits per heavy atom. The second kappa shape index (κ2) is 26.9. The number of unbranched alkanes of at least 4 members (excludes halogenated alkanes) is 2. The molecule has 1 rings (SSSR count). The van der Waals surface area contributed by atoms with Crippen molar-refractivity contribution in [2.45, 2.75) is 135 Å². The van der Waals surface area contributed by atoms with Gasteiger partial charge in [-0.1, -0.05) is 26.8 Å². The van der Waals surface area contributed by atoms with Crippen LogP contribution in [-0.2, 0) is 55.6 Å². The maximum absolute atomic E-state index is 14.0. The zero-order valence-corrected chi connectivity index (χ0v) is 36.5. The molecule has 3 unspecified atom stereocenters. The van der Waals surface area contributed by atoms with Crippen molar-refractivity contribution in [2.24, 2.45) is 11.7 Å². The van der Waals surface area contributed by atoms with Gasteiger partial charge in [-0.15, -0.1) is 6.58 Å². The molecule has 342 valence electrons. The van der Waals surface area contributed by atoms with Crippen LogP contribution in [0.4, 0.5) is 0 Å². The molecule has 21 nitrogen and oxygen atoms in total. The number of hydrogen-bond donors (Lipinski definition) is 9. The molecule has 0 fully saturated rings. The molecule has 1 heterocycles. The normalized spacial score (nSPS) is 14.3. The minimum absolute atomic E-state index is 0.0179. The van der Waals surface area contributed by atoms with E-state index in [1.54, 1.807) is 30.8 Å². The van der Waals surface area contributed by atoms with Gasteiger partial charge in [-0.2, -0.15) is 0 Å². The smallest absolute Gasteiger partial charge is 0.396 e. The first kappa shape index (κ1) is 53.8. The van der Waals surface area contributed by atoms with Crippen LogP contribution in [0.2, 0.25) is 0 Å². The molecule has 10 N–H and O–H groups in total. The van der Waals surface area contributed by atoms with Gasteiger partial charge in [0.1, 0.15) is 24.2 Å². The fourth-order valence-corrected chi connectivity index (χ4v) is 6.55. The third kappa shape index (κ3) is 20.8. The highest BCUT2D eigenvalue weighted by atomic mass is 31.2. The number of allylic oxidation sites excluding steroid dienone is 1. The number of hydrogen-bond acceptors (Lipinski definition) is 12. The first-order valence-electron chi connectivity index (χ1n) is 20.0. The molecule has 0 bridgehead atoms. The highest BCUT2D eigenvalue weighted by Crippen LogP contribution is 2.38. The van der Waals surface area contributed by atoms with Gasteiger partial charge in [-0.05, 0) is 65.2 Å². The number of ether oxygens (including phenoxy) is 1. The third-order valence-electron chi connectivity index (χ3n) is 9.16. The number of aliphatic hydroxyl groups is 2. The number of aliphatic hydroxyl groups excluding tert-OH is 2. The Kier molecular flexibility index (Phi) is 24.1. The number of phosphoric acid groups is 1. The maximum atomic E-state index is 14.0. The second-order valence-electron chi connectivity index (χ2n) is 15.5. The van der Waals surface area contributed by atoms with Crippen molar-refractivity contribution < 1.29 is 62.6 Å². The number of carbonyl (C=O) groups excluding carboxylic acids is 6. The lowest BCUT2D eigenvalue weighted by Crippen LogP contribution is -2.61. The Morgan fingerprint density at radius 2 is 1.63 bits per heavy atom. The predicted molar refractivity (Wildman–Crippen MR) is 219 cm³/mol. The topological polar surface area (TPSA) is 314 Å². The van der Waals surface area contributed by atoms with Gasteiger partial charge in [-0.3, -0.25) is 33.3 Å². The van der Waals surface area contributed by atoms with Crippen LogP contribution in [0.1, 0.15) is 92.2 Å². The lowest BCUT2D eigenvalue weighted by atomic mass is 10.0. The number of amides is 6. The van der Waals surface area contributed by atoms with E-state index < -0.39 is 79.8 Å². The van der Waals surface area contributed by atoms with Crippen molar-refractivity contribution in [1.82, 2.24) is 35.7 Å². The van der Waals surface area contributed by atoms with Crippen LogP contribution >= 0.6 is 7.82 Å². The minimum atomic E-state index is -5.12. The fraction of sp³-hybridized carbons (Fsp3) is 0.711. The van der Waals surface area contributed by atoms with E-state index >= 15 is 0 Å². The van der Waals surface area contributed by atoms with Crippen molar-refractivity contribution in [3.63, 3.8) is 0 Å². The van der Waals surface area contributed by atoms with E-state index in [-0.39, 0.29) is 57.4 Å². The Bertz CT molecular complexity index is 1600. The number of aryl methyl sites for hydroxylation is 1. The average Bonchev–Trinajstić information content (AvgIpc) is 3.58. The third-order valence-corrected chi connectivity index (χ3v) is 9.76. The predicted octanol–water partition coefficient (Wildman–Crippen LogP) is -0.451. The van der Waals surface area contributed by atoms with Crippen LogP contribution in [0.5, 0.6) is 0 Å². The standard InChI is InChI=1S/C38H67N8O13P/c1-8-10-11-12-16-46-24-40-21-27(46)20-29(36(53)43-30(23-48)37(54)44-33(34(39)51)26(5)59-60(55,56)57)42-35(52)28(19-25(3)4)41-31(49)22-45(15-9-2)32(50)13-18-58-38(6,7)14-17-47/h8,21,24-26,28-30,33,47-48H,1,9-20,22-23H2,2-7H3,(H2,39,51)(H,41,49)(H,42,52)(H,43,53)(H,44,54)(H2,55,56,57)/t26?,28?,29-,30?,33-/m0/s1. The van der Waals surface area contributed by atoms with Gasteiger partial charge >= 0.3 is 7.82 Å². The van der Waals surface area contributed by atoms with Gasteiger partial charge in [0.25, 0.3) is 0 Å². The van der Waals surface area contributed by atoms with Gasteiger partial charge in [0.2, 0.25) is 35.4 Å². The van der Waals surface area contributed by atoms with Crippen LogP contribution in [0.25, 0.3) is 0 Å². The lowest BCUT2D eigenvalue weighted by molar-refractivity contribution is -0.139. The number of rotatable bonds is 31. The van der Waals surface area contributed by atoms with E-state index in [0.29, 0.717) is 25.1 Å². The number of carbonyl (C=O) groups is 6. The molecule has 0 radical (unpaired) electrons. The zero-order valence-electron chi connectivity index (χ0n) is 35.6. The molecule has 1 aromatic rings. The second-order valence-corrected chi connectivity index (χ2v) is 16.7. The van der Waals surface area contributed by atoms with E-state index in [9.17, 15) is 53.3 Å². The lowest BCUT2D eigenvalue weighted by Gasteiger charge is -2.28. The Morgan fingerprint density at radius 1 is 1.00 bits per heavy atom. The van der Waals surface area contributed by atoms with Crippen molar-refractivity contribution >= 4 is 43.3 Å². The highest BCUT2D eigenvalue weighted by molar-refractivity contribution is 7.46. The van der Waals surface area contributed by atoms with Gasteiger partial charge in [-0.25, -0.2) is 9.55 Å². The molecule has 6 amide bonds. The summed E-state index contributed by atoms with van der Waals surface area (Å²) in [6.07, 6.45) is 6.45. The number of phosphoric ester groups is 1. The summed E-state index contributed by atoms with van der Waals surface area (Å²) in [6.45, 7) is 13.2. The highest BCUT2D eigenvalue weighted by Gasteiger charge is 2.35.